The lowest BCUT2D eigenvalue weighted by Gasteiger charge is -2.22. The first-order valence-corrected chi connectivity index (χ1v) is 5.87. The van der Waals surface area contributed by atoms with Crippen LogP contribution in [-0.4, -0.2) is 47.6 Å². The minimum absolute atomic E-state index is 0.317. The van der Waals surface area contributed by atoms with E-state index in [1.54, 1.807) is 27.7 Å². The third kappa shape index (κ3) is 3.92. The number of methoxy groups -OCH3 is 1. The molecule has 1 unspecified atom stereocenters. The van der Waals surface area contributed by atoms with Gasteiger partial charge in [-0.3, -0.25) is 10.2 Å². The number of nitrogens with one attached hydrogen (secondary N) is 2. The summed E-state index contributed by atoms with van der Waals surface area (Å²) in [6, 6.07) is -0.943. The number of hydrazone groups is 1. The van der Waals surface area contributed by atoms with Crippen LogP contribution in [-0.2, 0) is 14.3 Å². The van der Waals surface area contributed by atoms with Crippen molar-refractivity contribution in [3.05, 3.63) is 0 Å². The largest absolute Gasteiger partial charge is 0.452 e. The lowest BCUT2D eigenvalue weighted by Crippen LogP contribution is -2.52. The Balaban J connectivity index is 2.69. The van der Waals surface area contributed by atoms with Gasteiger partial charge >= 0.3 is 12.2 Å². The molecule has 0 aromatic rings. The van der Waals surface area contributed by atoms with Crippen LogP contribution in [0.15, 0.2) is 5.10 Å². The first kappa shape index (κ1) is 15.9. The zero-order chi connectivity index (χ0) is 15.5. The van der Waals surface area contributed by atoms with Crippen molar-refractivity contribution in [2.75, 3.05) is 7.11 Å². The molecule has 9 nitrogen and oxygen atoms in total. The first-order chi connectivity index (χ1) is 9.15. The molecule has 0 aromatic heterocycles. The van der Waals surface area contributed by atoms with Crippen molar-refractivity contribution in [2.24, 2.45) is 5.10 Å². The number of imide groups is 1. The van der Waals surface area contributed by atoms with Crippen molar-refractivity contribution in [1.82, 2.24) is 15.9 Å². The third-order valence-electron chi connectivity index (χ3n) is 2.20. The van der Waals surface area contributed by atoms with E-state index in [-0.39, 0.29) is 0 Å². The predicted molar refractivity (Wildman–Crippen MR) is 68.7 cm³/mol. The Morgan fingerprint density at radius 2 is 1.95 bits per heavy atom. The molecule has 112 valence electrons. The molecule has 1 atom stereocenters. The topological polar surface area (TPSA) is 109 Å². The van der Waals surface area contributed by atoms with E-state index in [0.717, 1.165) is 0 Å². The predicted octanol–water partition coefficient (Wildman–Crippen LogP) is 0.369. The van der Waals surface area contributed by atoms with E-state index >= 15 is 0 Å². The van der Waals surface area contributed by atoms with Crippen molar-refractivity contribution < 1.29 is 23.9 Å². The van der Waals surface area contributed by atoms with Crippen LogP contribution in [0.1, 0.15) is 27.7 Å². The molecule has 0 bridgehead atoms. The Kier molecular flexibility index (Phi) is 4.66. The normalized spacial score (nSPS) is 18.6. The zero-order valence-electron chi connectivity index (χ0n) is 12.0. The molecule has 0 saturated carbocycles. The molecular formula is C11H18N4O5. The minimum atomic E-state index is -0.943. The highest BCUT2D eigenvalue weighted by Gasteiger charge is 2.39. The summed E-state index contributed by atoms with van der Waals surface area (Å²) in [5.74, 6) is -0.645. The van der Waals surface area contributed by atoms with Crippen LogP contribution in [0.3, 0.4) is 0 Å². The lowest BCUT2D eigenvalue weighted by atomic mass is 10.2. The minimum Gasteiger partial charge on any atom is -0.452 e. The van der Waals surface area contributed by atoms with Gasteiger partial charge in [-0.2, -0.15) is 5.10 Å². The van der Waals surface area contributed by atoms with Gasteiger partial charge in [-0.05, 0) is 27.7 Å². The van der Waals surface area contributed by atoms with Crippen LogP contribution in [0.4, 0.5) is 9.59 Å². The first-order valence-electron chi connectivity index (χ1n) is 5.87. The van der Waals surface area contributed by atoms with Gasteiger partial charge in [-0.15, -0.1) is 5.01 Å². The van der Waals surface area contributed by atoms with E-state index in [1.807, 2.05) is 0 Å². The van der Waals surface area contributed by atoms with Gasteiger partial charge in [0.15, 0.2) is 0 Å². The van der Waals surface area contributed by atoms with Crippen LogP contribution in [0.25, 0.3) is 0 Å². The summed E-state index contributed by atoms with van der Waals surface area (Å²) in [6.07, 6.45) is -1.63. The van der Waals surface area contributed by atoms with Crippen LogP contribution in [0, 0.1) is 0 Å². The molecule has 0 fully saturated rings. The highest BCUT2D eigenvalue weighted by Crippen LogP contribution is 2.15. The summed E-state index contributed by atoms with van der Waals surface area (Å²) in [4.78, 5) is 34.7. The number of carbonyl (C=O) groups excluding carboxylic acids is 3. The van der Waals surface area contributed by atoms with E-state index in [9.17, 15) is 14.4 Å². The van der Waals surface area contributed by atoms with E-state index in [0.29, 0.717) is 10.7 Å². The quantitative estimate of drug-likeness (QED) is 0.710. The second-order valence-electron chi connectivity index (χ2n) is 5.07. The smallest absolute Gasteiger partial charge is 0.438 e. The Morgan fingerprint density at radius 1 is 1.35 bits per heavy atom. The van der Waals surface area contributed by atoms with Gasteiger partial charge in [0.05, 0.1) is 12.8 Å². The third-order valence-corrected chi connectivity index (χ3v) is 2.20. The Labute approximate surface area is 116 Å². The molecule has 0 saturated heterocycles. The van der Waals surface area contributed by atoms with Gasteiger partial charge in [0.25, 0.3) is 5.91 Å². The fourth-order valence-electron chi connectivity index (χ4n) is 1.35. The van der Waals surface area contributed by atoms with Crippen LogP contribution in [0.2, 0.25) is 0 Å². The fraction of sp³-hybridized carbons (Fsp3) is 0.636. The SMILES string of the molecule is COC(=O)NNC1C(=O)N(C(=O)OC(C)(C)C)N=C1C. The Bertz CT molecular complexity index is 454. The average molecular weight is 286 g/mol. The van der Waals surface area contributed by atoms with Crippen molar-refractivity contribution in [2.45, 2.75) is 39.3 Å². The average Bonchev–Trinajstić information content (AvgIpc) is 2.60. The van der Waals surface area contributed by atoms with E-state index in [2.05, 4.69) is 20.7 Å². The summed E-state index contributed by atoms with van der Waals surface area (Å²) < 4.78 is 9.41. The van der Waals surface area contributed by atoms with Crippen molar-refractivity contribution in [3.63, 3.8) is 0 Å². The molecular weight excluding hydrogens is 268 g/mol. The molecule has 9 heteroatoms. The standard InChI is InChI=1S/C11H18N4O5/c1-6-7(12-13-9(17)19-5)8(16)15(14-6)10(18)20-11(2,3)4/h7,12H,1-5H3,(H,13,17). The summed E-state index contributed by atoms with van der Waals surface area (Å²) >= 11 is 0. The molecule has 0 aromatic carbocycles. The van der Waals surface area contributed by atoms with E-state index in [4.69, 9.17) is 4.74 Å². The van der Waals surface area contributed by atoms with Gasteiger partial charge < -0.3 is 9.47 Å². The van der Waals surface area contributed by atoms with Crippen molar-refractivity contribution in [3.8, 4) is 0 Å². The molecule has 0 aliphatic carbocycles. The second kappa shape index (κ2) is 5.87. The number of amides is 3. The molecule has 0 spiro atoms. The molecule has 3 amide bonds. The molecule has 1 heterocycles. The molecule has 1 rings (SSSR count). The highest BCUT2D eigenvalue weighted by molar-refractivity contribution is 6.15. The van der Waals surface area contributed by atoms with Crippen molar-refractivity contribution >= 4 is 23.8 Å². The summed E-state index contributed by atoms with van der Waals surface area (Å²) in [6.45, 7) is 6.57. The van der Waals surface area contributed by atoms with Gasteiger partial charge in [0.1, 0.15) is 11.6 Å². The number of rotatable bonds is 2. The van der Waals surface area contributed by atoms with Gasteiger partial charge in [-0.25, -0.2) is 15.0 Å². The monoisotopic (exact) mass is 286 g/mol. The number of hydrazine groups is 1. The fourth-order valence-corrected chi connectivity index (χ4v) is 1.35. The number of nitrogens with zero attached hydrogens (tertiary/aromatic N) is 2. The maximum absolute atomic E-state index is 12.0. The maximum atomic E-state index is 12.0. The highest BCUT2D eigenvalue weighted by atomic mass is 16.6. The number of hydrogen-bond donors (Lipinski definition) is 2. The van der Waals surface area contributed by atoms with Crippen LogP contribution < -0.4 is 10.9 Å². The van der Waals surface area contributed by atoms with Gasteiger partial charge in [-0.1, -0.05) is 0 Å². The molecule has 1 aliphatic heterocycles. The van der Waals surface area contributed by atoms with Crippen LogP contribution >= 0.6 is 0 Å². The summed E-state index contributed by atoms with van der Waals surface area (Å²) in [5, 5.41) is 4.43. The van der Waals surface area contributed by atoms with Crippen LogP contribution in [0.5, 0.6) is 0 Å². The number of hydrogen-bond acceptors (Lipinski definition) is 7. The summed E-state index contributed by atoms with van der Waals surface area (Å²) in [5.41, 5.74) is 4.15. The second-order valence-corrected chi connectivity index (χ2v) is 5.07. The number of ether oxygens (including phenoxy) is 2. The molecule has 1 aliphatic rings. The molecule has 0 radical (unpaired) electrons. The lowest BCUT2D eigenvalue weighted by molar-refractivity contribution is -0.129. The van der Waals surface area contributed by atoms with Gasteiger partial charge in [0, 0.05) is 0 Å². The summed E-state index contributed by atoms with van der Waals surface area (Å²) in [7, 11) is 1.18. The zero-order valence-corrected chi connectivity index (χ0v) is 12.0. The Hall–Kier alpha value is -2.16. The van der Waals surface area contributed by atoms with Crippen molar-refractivity contribution in [1.29, 1.82) is 0 Å². The van der Waals surface area contributed by atoms with E-state index < -0.39 is 29.7 Å². The van der Waals surface area contributed by atoms with Gasteiger partial charge in [0.2, 0.25) is 0 Å². The number of carbonyl (C=O) groups is 3. The maximum Gasteiger partial charge on any atom is 0.438 e. The van der Waals surface area contributed by atoms with E-state index in [1.165, 1.54) is 7.11 Å². The Morgan fingerprint density at radius 3 is 2.45 bits per heavy atom. The molecule has 2 N–H and O–H groups in total. The molecule has 20 heavy (non-hydrogen) atoms.